The van der Waals surface area contributed by atoms with Crippen LogP contribution in [0.1, 0.15) is 21.5 Å². The average Bonchev–Trinajstić information content (AvgIpc) is 2.48. The van der Waals surface area contributed by atoms with Gasteiger partial charge in [0.05, 0.1) is 6.21 Å². The van der Waals surface area contributed by atoms with Crippen molar-refractivity contribution in [2.45, 2.75) is 6.92 Å². The van der Waals surface area contributed by atoms with E-state index < -0.39 is 6.03 Å². The van der Waals surface area contributed by atoms with E-state index in [-0.39, 0.29) is 5.91 Å². The SMILES string of the molecule is Cc1ccc(C(=O)Nc2cccc(/C=N/NC(N)=O)c2)cc1. The number of urea groups is 1. The molecular formula is C16H16N4O2. The molecule has 3 amide bonds. The zero-order valence-electron chi connectivity index (χ0n) is 12.0. The lowest BCUT2D eigenvalue weighted by molar-refractivity contribution is 0.102. The number of rotatable bonds is 4. The number of anilines is 1. The van der Waals surface area contributed by atoms with E-state index in [4.69, 9.17) is 5.73 Å². The summed E-state index contributed by atoms with van der Waals surface area (Å²) in [7, 11) is 0. The molecule has 22 heavy (non-hydrogen) atoms. The molecule has 0 saturated heterocycles. The van der Waals surface area contributed by atoms with E-state index in [9.17, 15) is 9.59 Å². The van der Waals surface area contributed by atoms with E-state index in [1.165, 1.54) is 6.21 Å². The molecule has 0 bridgehead atoms. The third-order valence-corrected chi connectivity index (χ3v) is 2.85. The third kappa shape index (κ3) is 4.45. The number of nitrogens with zero attached hydrogens (tertiary/aromatic N) is 1. The summed E-state index contributed by atoms with van der Waals surface area (Å²) in [6.45, 7) is 1.96. The van der Waals surface area contributed by atoms with Gasteiger partial charge in [-0.25, -0.2) is 10.2 Å². The number of benzene rings is 2. The molecule has 0 heterocycles. The molecule has 4 N–H and O–H groups in total. The summed E-state index contributed by atoms with van der Waals surface area (Å²) in [5, 5.41) is 6.47. The molecule has 0 saturated carbocycles. The largest absolute Gasteiger partial charge is 0.350 e. The van der Waals surface area contributed by atoms with Gasteiger partial charge in [0.1, 0.15) is 0 Å². The highest BCUT2D eigenvalue weighted by atomic mass is 16.2. The monoisotopic (exact) mass is 296 g/mol. The molecule has 2 aromatic rings. The Kier molecular flexibility index (Phi) is 4.87. The van der Waals surface area contributed by atoms with Crippen LogP contribution in [-0.2, 0) is 0 Å². The first-order valence-corrected chi connectivity index (χ1v) is 6.61. The number of nitrogens with two attached hydrogens (primary N) is 1. The molecular weight excluding hydrogens is 280 g/mol. The molecule has 2 aromatic carbocycles. The maximum Gasteiger partial charge on any atom is 0.332 e. The van der Waals surface area contributed by atoms with Gasteiger partial charge in [-0.1, -0.05) is 29.8 Å². The second-order valence-electron chi connectivity index (χ2n) is 4.68. The Morgan fingerprint density at radius 1 is 1.14 bits per heavy atom. The van der Waals surface area contributed by atoms with Crippen LogP contribution in [0.2, 0.25) is 0 Å². The fourth-order valence-electron chi connectivity index (χ4n) is 1.78. The van der Waals surface area contributed by atoms with Gasteiger partial charge in [0, 0.05) is 11.3 Å². The van der Waals surface area contributed by atoms with Gasteiger partial charge < -0.3 is 11.1 Å². The molecule has 112 valence electrons. The normalized spacial score (nSPS) is 10.4. The highest BCUT2D eigenvalue weighted by Crippen LogP contribution is 2.12. The predicted molar refractivity (Wildman–Crippen MR) is 85.9 cm³/mol. The van der Waals surface area contributed by atoms with Crippen molar-refractivity contribution in [1.29, 1.82) is 0 Å². The average molecular weight is 296 g/mol. The van der Waals surface area contributed by atoms with Crippen molar-refractivity contribution < 1.29 is 9.59 Å². The number of carbonyl (C=O) groups excluding carboxylic acids is 2. The number of aryl methyl sites for hydroxylation is 1. The Morgan fingerprint density at radius 2 is 1.86 bits per heavy atom. The van der Waals surface area contributed by atoms with Gasteiger partial charge in [0.15, 0.2) is 0 Å². The smallest absolute Gasteiger partial charge is 0.332 e. The highest BCUT2D eigenvalue weighted by molar-refractivity contribution is 6.04. The van der Waals surface area contributed by atoms with Crippen LogP contribution in [0.3, 0.4) is 0 Å². The molecule has 0 aromatic heterocycles. The predicted octanol–water partition coefficient (Wildman–Crippen LogP) is 2.25. The summed E-state index contributed by atoms with van der Waals surface area (Å²) >= 11 is 0. The lowest BCUT2D eigenvalue weighted by Gasteiger charge is -2.06. The van der Waals surface area contributed by atoms with Crippen molar-refractivity contribution in [2.24, 2.45) is 10.8 Å². The van der Waals surface area contributed by atoms with E-state index in [2.05, 4.69) is 15.8 Å². The van der Waals surface area contributed by atoms with Crippen molar-refractivity contribution in [1.82, 2.24) is 5.43 Å². The van der Waals surface area contributed by atoms with E-state index in [0.717, 1.165) is 11.1 Å². The van der Waals surface area contributed by atoms with E-state index in [0.29, 0.717) is 11.3 Å². The van der Waals surface area contributed by atoms with Crippen molar-refractivity contribution in [3.05, 3.63) is 65.2 Å². The quantitative estimate of drug-likeness (QED) is 0.596. The van der Waals surface area contributed by atoms with Gasteiger partial charge in [-0.2, -0.15) is 5.10 Å². The van der Waals surface area contributed by atoms with Crippen molar-refractivity contribution >= 4 is 23.8 Å². The van der Waals surface area contributed by atoms with Crippen LogP contribution >= 0.6 is 0 Å². The van der Waals surface area contributed by atoms with Crippen LogP contribution in [-0.4, -0.2) is 18.2 Å². The van der Waals surface area contributed by atoms with E-state index in [1.54, 1.807) is 36.4 Å². The summed E-state index contributed by atoms with van der Waals surface area (Å²) in [5.74, 6) is -0.190. The number of nitrogens with one attached hydrogen (secondary N) is 2. The first-order chi connectivity index (χ1) is 10.5. The molecule has 0 aliphatic carbocycles. The Bertz CT molecular complexity index is 708. The fraction of sp³-hybridized carbons (Fsp3) is 0.0625. The number of carbonyl (C=O) groups is 2. The second-order valence-corrected chi connectivity index (χ2v) is 4.68. The second kappa shape index (κ2) is 7.03. The summed E-state index contributed by atoms with van der Waals surface area (Å²) in [6, 6.07) is 13.6. The molecule has 0 aliphatic heterocycles. The zero-order valence-corrected chi connectivity index (χ0v) is 12.0. The van der Waals surface area contributed by atoms with Gasteiger partial charge in [-0.15, -0.1) is 0 Å². The Hall–Kier alpha value is -3.15. The fourth-order valence-corrected chi connectivity index (χ4v) is 1.78. The number of amides is 3. The molecule has 0 aliphatic rings. The molecule has 0 fully saturated rings. The molecule has 0 unspecified atom stereocenters. The Balaban J connectivity index is 2.06. The minimum Gasteiger partial charge on any atom is -0.350 e. The van der Waals surface area contributed by atoms with E-state index in [1.807, 2.05) is 19.1 Å². The van der Waals surface area contributed by atoms with Gasteiger partial charge in [0.25, 0.3) is 5.91 Å². The number of hydrazone groups is 1. The number of hydrogen-bond acceptors (Lipinski definition) is 3. The Morgan fingerprint density at radius 3 is 2.55 bits per heavy atom. The number of primary amides is 1. The van der Waals surface area contributed by atoms with Crippen LogP contribution in [0.5, 0.6) is 0 Å². The maximum absolute atomic E-state index is 12.1. The van der Waals surface area contributed by atoms with Crippen LogP contribution in [0.15, 0.2) is 53.6 Å². The van der Waals surface area contributed by atoms with Crippen molar-refractivity contribution in [3.63, 3.8) is 0 Å². The van der Waals surface area contributed by atoms with Crippen LogP contribution in [0, 0.1) is 6.92 Å². The van der Waals surface area contributed by atoms with Crippen molar-refractivity contribution in [3.8, 4) is 0 Å². The van der Waals surface area contributed by atoms with Crippen LogP contribution in [0.25, 0.3) is 0 Å². The molecule has 0 spiro atoms. The van der Waals surface area contributed by atoms with Gasteiger partial charge in [0.2, 0.25) is 0 Å². The van der Waals surface area contributed by atoms with Crippen molar-refractivity contribution in [2.75, 3.05) is 5.32 Å². The minimum atomic E-state index is -0.736. The molecule has 6 nitrogen and oxygen atoms in total. The lowest BCUT2D eigenvalue weighted by Crippen LogP contribution is -2.24. The standard InChI is InChI=1S/C16H16N4O2/c1-11-5-7-13(8-6-11)15(21)19-14-4-2-3-12(9-14)10-18-20-16(17)22/h2-10H,1H3,(H,19,21)(H3,17,20,22)/b18-10+. The first kappa shape index (κ1) is 15.2. The van der Waals surface area contributed by atoms with Crippen LogP contribution in [0.4, 0.5) is 10.5 Å². The zero-order chi connectivity index (χ0) is 15.9. The highest BCUT2D eigenvalue weighted by Gasteiger charge is 2.05. The first-order valence-electron chi connectivity index (χ1n) is 6.61. The summed E-state index contributed by atoms with van der Waals surface area (Å²) in [6.07, 6.45) is 1.44. The van der Waals surface area contributed by atoms with E-state index >= 15 is 0 Å². The third-order valence-electron chi connectivity index (χ3n) is 2.85. The summed E-state index contributed by atoms with van der Waals surface area (Å²) in [5.41, 5.74) is 10.0. The molecule has 2 rings (SSSR count). The molecule has 6 heteroatoms. The summed E-state index contributed by atoms with van der Waals surface area (Å²) in [4.78, 5) is 22.6. The topological polar surface area (TPSA) is 96.6 Å². The van der Waals surface area contributed by atoms with Gasteiger partial charge in [-0.3, -0.25) is 4.79 Å². The number of hydrogen-bond donors (Lipinski definition) is 3. The van der Waals surface area contributed by atoms with Gasteiger partial charge >= 0.3 is 6.03 Å². The molecule has 0 radical (unpaired) electrons. The van der Waals surface area contributed by atoms with Crippen LogP contribution < -0.4 is 16.5 Å². The summed E-state index contributed by atoms with van der Waals surface area (Å²) < 4.78 is 0. The van der Waals surface area contributed by atoms with Gasteiger partial charge in [-0.05, 0) is 36.8 Å². The minimum absolute atomic E-state index is 0.190. The lowest BCUT2D eigenvalue weighted by atomic mass is 10.1. The maximum atomic E-state index is 12.1. The Labute approximate surface area is 128 Å². The molecule has 0 atom stereocenters.